The van der Waals surface area contributed by atoms with Crippen LogP contribution in [0.2, 0.25) is 0 Å². The Balaban J connectivity index is 2.85. The highest BCUT2D eigenvalue weighted by Gasteiger charge is 2.25. The number of halogens is 2. The van der Waals surface area contributed by atoms with E-state index in [1.807, 2.05) is 0 Å². The number of hydrogen-bond donors (Lipinski definition) is 0. The van der Waals surface area contributed by atoms with E-state index in [9.17, 15) is 13.3 Å². The smallest absolute Gasteiger partial charge is 0.144 e. The summed E-state index contributed by atoms with van der Waals surface area (Å²) < 4.78 is 40.5. The third-order valence-electron chi connectivity index (χ3n) is 1.77. The average Bonchev–Trinajstić information content (AvgIpc) is 2.14. The first-order valence-electron chi connectivity index (χ1n) is 4.72. The summed E-state index contributed by atoms with van der Waals surface area (Å²) in [7, 11) is 0. The molecular weight excluding hydrogens is 232 g/mol. The first kappa shape index (κ1) is 13.1. The number of nitrogens with zero attached hydrogens (tertiary/aromatic N) is 1. The Morgan fingerprint density at radius 1 is 1.31 bits per heavy atom. The van der Waals surface area contributed by atoms with Crippen molar-refractivity contribution in [3.63, 3.8) is 0 Å². The fourth-order valence-electron chi connectivity index (χ4n) is 0.869. The summed E-state index contributed by atoms with van der Waals surface area (Å²) in [6.07, 6.45) is 1.16. The highest BCUT2D eigenvalue weighted by Crippen LogP contribution is 2.17. The summed E-state index contributed by atoms with van der Waals surface area (Å²) in [5, 5.41) is 0. The normalized spacial score (nSPS) is 14.4. The molecule has 2 nitrogen and oxygen atoms in total. The van der Waals surface area contributed by atoms with Gasteiger partial charge in [-0.25, -0.2) is 8.78 Å². The SMILES string of the molecule is CC(C)(C)[S@+]([O-])/N=C/c1ccc(F)cc1F. The van der Waals surface area contributed by atoms with Crippen LogP contribution in [0.15, 0.2) is 22.6 Å². The van der Waals surface area contributed by atoms with Gasteiger partial charge in [-0.15, -0.1) is 0 Å². The van der Waals surface area contributed by atoms with Gasteiger partial charge in [0.25, 0.3) is 0 Å². The Morgan fingerprint density at radius 3 is 2.44 bits per heavy atom. The van der Waals surface area contributed by atoms with Gasteiger partial charge >= 0.3 is 0 Å². The maximum Gasteiger partial charge on any atom is 0.144 e. The minimum atomic E-state index is -1.44. The molecule has 0 heterocycles. The second-order valence-corrected chi connectivity index (χ2v) is 6.20. The van der Waals surface area contributed by atoms with Crippen LogP contribution >= 0.6 is 0 Å². The van der Waals surface area contributed by atoms with E-state index in [1.54, 1.807) is 20.8 Å². The van der Waals surface area contributed by atoms with E-state index in [0.29, 0.717) is 0 Å². The molecule has 0 aliphatic rings. The molecule has 0 amide bonds. The van der Waals surface area contributed by atoms with E-state index in [4.69, 9.17) is 0 Å². The van der Waals surface area contributed by atoms with Crippen molar-refractivity contribution in [1.29, 1.82) is 0 Å². The number of rotatable bonds is 2. The van der Waals surface area contributed by atoms with Gasteiger partial charge in [0.1, 0.15) is 27.7 Å². The predicted octanol–water partition coefficient (Wildman–Crippen LogP) is 2.85. The Bertz CT molecular complexity index is 401. The van der Waals surface area contributed by atoms with Crippen LogP contribution in [-0.2, 0) is 11.4 Å². The van der Waals surface area contributed by atoms with Crippen LogP contribution < -0.4 is 0 Å². The Kier molecular flexibility index (Phi) is 4.04. The quantitative estimate of drug-likeness (QED) is 0.583. The lowest BCUT2D eigenvalue weighted by molar-refractivity contribution is 0.561. The summed E-state index contributed by atoms with van der Waals surface area (Å²) in [5.74, 6) is -1.36. The lowest BCUT2D eigenvalue weighted by Gasteiger charge is -2.17. The lowest BCUT2D eigenvalue weighted by atomic mass is 10.2. The van der Waals surface area contributed by atoms with Crippen LogP contribution in [0.1, 0.15) is 26.3 Å². The third-order valence-corrected chi connectivity index (χ3v) is 3.12. The van der Waals surface area contributed by atoms with Gasteiger partial charge in [-0.3, -0.25) is 0 Å². The van der Waals surface area contributed by atoms with Gasteiger partial charge in [-0.1, -0.05) is 4.40 Å². The molecule has 88 valence electrons. The molecule has 0 radical (unpaired) electrons. The van der Waals surface area contributed by atoms with Gasteiger partial charge in [0.2, 0.25) is 0 Å². The van der Waals surface area contributed by atoms with Crippen molar-refractivity contribution in [3.05, 3.63) is 35.4 Å². The zero-order valence-electron chi connectivity index (χ0n) is 9.33. The van der Waals surface area contributed by atoms with E-state index in [1.165, 1.54) is 6.07 Å². The minimum Gasteiger partial charge on any atom is -0.591 e. The summed E-state index contributed by atoms with van der Waals surface area (Å²) in [5.41, 5.74) is 0.124. The molecule has 5 heteroatoms. The monoisotopic (exact) mass is 245 g/mol. The van der Waals surface area contributed by atoms with Crippen molar-refractivity contribution in [2.24, 2.45) is 4.40 Å². The van der Waals surface area contributed by atoms with Crippen LogP contribution in [0.4, 0.5) is 8.78 Å². The van der Waals surface area contributed by atoms with E-state index < -0.39 is 27.7 Å². The van der Waals surface area contributed by atoms with Gasteiger partial charge in [0.15, 0.2) is 0 Å². The number of benzene rings is 1. The highest BCUT2D eigenvalue weighted by molar-refractivity contribution is 7.91. The highest BCUT2D eigenvalue weighted by atomic mass is 32.2. The summed E-state index contributed by atoms with van der Waals surface area (Å²) >= 11 is -1.44. The lowest BCUT2D eigenvalue weighted by Crippen LogP contribution is -2.25. The molecule has 0 saturated heterocycles. The second-order valence-electron chi connectivity index (χ2n) is 4.26. The predicted molar refractivity (Wildman–Crippen MR) is 61.8 cm³/mol. The van der Waals surface area contributed by atoms with Crippen LogP contribution in [0.5, 0.6) is 0 Å². The zero-order valence-corrected chi connectivity index (χ0v) is 10.1. The minimum absolute atomic E-state index is 0.124. The van der Waals surface area contributed by atoms with Gasteiger partial charge in [0.05, 0.1) is 6.21 Å². The van der Waals surface area contributed by atoms with Crippen molar-refractivity contribution in [2.75, 3.05) is 0 Å². The molecule has 1 aromatic rings. The molecule has 0 N–H and O–H groups in total. The third kappa shape index (κ3) is 3.57. The van der Waals surface area contributed by atoms with Crippen molar-refractivity contribution in [3.8, 4) is 0 Å². The van der Waals surface area contributed by atoms with Crippen molar-refractivity contribution >= 4 is 17.6 Å². The van der Waals surface area contributed by atoms with Crippen molar-refractivity contribution in [2.45, 2.75) is 25.5 Å². The van der Waals surface area contributed by atoms with Crippen molar-refractivity contribution in [1.82, 2.24) is 0 Å². The summed E-state index contributed by atoms with van der Waals surface area (Å²) in [6.45, 7) is 5.30. The fourth-order valence-corrected chi connectivity index (χ4v) is 1.39. The van der Waals surface area contributed by atoms with Crippen LogP contribution in [0, 0.1) is 11.6 Å². The Labute approximate surface area is 96.7 Å². The first-order valence-corrected chi connectivity index (χ1v) is 5.82. The fraction of sp³-hybridized carbons (Fsp3) is 0.364. The van der Waals surface area contributed by atoms with Gasteiger partial charge in [-0.2, -0.15) is 0 Å². The average molecular weight is 245 g/mol. The molecular formula is C11H13F2NOS. The molecule has 0 aliphatic carbocycles. The van der Waals surface area contributed by atoms with Crippen LogP contribution in [0.3, 0.4) is 0 Å². The molecule has 1 aromatic carbocycles. The second kappa shape index (κ2) is 4.93. The molecule has 16 heavy (non-hydrogen) atoms. The topological polar surface area (TPSA) is 35.4 Å². The zero-order chi connectivity index (χ0) is 12.3. The van der Waals surface area contributed by atoms with Crippen LogP contribution in [0.25, 0.3) is 0 Å². The first-order chi connectivity index (χ1) is 7.30. The molecule has 0 unspecified atom stereocenters. The van der Waals surface area contributed by atoms with E-state index >= 15 is 0 Å². The molecule has 1 rings (SSSR count). The largest absolute Gasteiger partial charge is 0.591 e. The van der Waals surface area contributed by atoms with E-state index in [-0.39, 0.29) is 5.56 Å². The van der Waals surface area contributed by atoms with Crippen LogP contribution in [-0.4, -0.2) is 15.5 Å². The maximum absolute atomic E-state index is 13.2. The molecule has 0 aliphatic heterocycles. The molecule has 0 bridgehead atoms. The molecule has 0 spiro atoms. The Hall–Kier alpha value is -0.940. The molecule has 1 atom stereocenters. The maximum atomic E-state index is 13.2. The van der Waals surface area contributed by atoms with Gasteiger partial charge in [0, 0.05) is 11.6 Å². The Morgan fingerprint density at radius 2 is 1.94 bits per heavy atom. The van der Waals surface area contributed by atoms with E-state index in [0.717, 1.165) is 18.3 Å². The number of hydrogen-bond acceptors (Lipinski definition) is 2. The summed E-state index contributed by atoms with van der Waals surface area (Å²) in [4.78, 5) is 0. The standard InChI is InChI=1S/C11H13F2NOS/c1-11(2,3)16(15)14-7-8-4-5-9(12)6-10(8)13/h4-7H,1-3H3/b14-7+/t16-/m0/s1. The molecule has 0 fully saturated rings. The molecule has 0 aromatic heterocycles. The van der Waals surface area contributed by atoms with E-state index in [2.05, 4.69) is 4.40 Å². The summed E-state index contributed by atoms with van der Waals surface area (Å²) in [6, 6.07) is 3.15. The van der Waals surface area contributed by atoms with Gasteiger partial charge < -0.3 is 4.55 Å². The molecule has 0 saturated carbocycles. The van der Waals surface area contributed by atoms with Crippen molar-refractivity contribution < 1.29 is 13.3 Å². The van der Waals surface area contributed by atoms with Gasteiger partial charge in [-0.05, 0) is 32.9 Å².